The van der Waals surface area contributed by atoms with Gasteiger partial charge in [-0.2, -0.15) is 0 Å². The fraction of sp³-hybridized carbons (Fsp3) is 0.591. The van der Waals surface area contributed by atoms with Crippen LogP contribution in [0.5, 0.6) is 0 Å². The van der Waals surface area contributed by atoms with E-state index < -0.39 is 10.0 Å². The molecule has 2 bridgehead atoms. The molecular formula is C22H31N5O2S2. The normalized spacial score (nSPS) is 29.4. The zero-order valence-electron chi connectivity index (χ0n) is 17.8. The van der Waals surface area contributed by atoms with E-state index in [2.05, 4.69) is 36.5 Å². The van der Waals surface area contributed by atoms with Crippen LogP contribution in [0.1, 0.15) is 12.8 Å². The fourth-order valence-corrected chi connectivity index (χ4v) is 7.50. The third kappa shape index (κ3) is 4.80. The van der Waals surface area contributed by atoms with E-state index in [1.807, 2.05) is 12.3 Å². The van der Waals surface area contributed by atoms with Gasteiger partial charge in [0.2, 0.25) is 10.0 Å². The van der Waals surface area contributed by atoms with Gasteiger partial charge >= 0.3 is 0 Å². The molecule has 4 fully saturated rings. The van der Waals surface area contributed by atoms with Crippen LogP contribution < -0.4 is 9.62 Å². The van der Waals surface area contributed by atoms with E-state index in [0.29, 0.717) is 28.6 Å². The van der Waals surface area contributed by atoms with Crippen molar-refractivity contribution in [2.24, 2.45) is 11.8 Å². The third-order valence-electron chi connectivity index (χ3n) is 7.12. The molecule has 0 radical (unpaired) electrons. The van der Waals surface area contributed by atoms with Crippen LogP contribution in [-0.4, -0.2) is 81.6 Å². The summed E-state index contributed by atoms with van der Waals surface area (Å²) in [6.07, 6.45) is 4.21. The average molecular weight is 462 g/mol. The van der Waals surface area contributed by atoms with Gasteiger partial charge < -0.3 is 4.90 Å². The van der Waals surface area contributed by atoms with E-state index in [9.17, 15) is 8.42 Å². The Morgan fingerprint density at radius 3 is 2.65 bits per heavy atom. The first-order valence-corrected chi connectivity index (χ1v) is 13.6. The Kier molecular flexibility index (Phi) is 6.30. The smallest absolute Gasteiger partial charge is 0.250 e. The van der Waals surface area contributed by atoms with Crippen LogP contribution in [0.2, 0.25) is 0 Å². The van der Waals surface area contributed by atoms with Crippen molar-refractivity contribution in [2.75, 3.05) is 57.3 Å². The number of nitrogens with zero attached hydrogens (tertiary/aromatic N) is 4. The molecule has 9 heteroatoms. The van der Waals surface area contributed by atoms with Crippen molar-refractivity contribution >= 4 is 27.2 Å². The molecule has 0 saturated carbocycles. The predicted molar refractivity (Wildman–Crippen MR) is 124 cm³/mol. The molecule has 2 aromatic heterocycles. The highest BCUT2D eigenvalue weighted by Crippen LogP contribution is 2.36. The monoisotopic (exact) mass is 461 g/mol. The summed E-state index contributed by atoms with van der Waals surface area (Å²) in [5.74, 6) is 2.48. The van der Waals surface area contributed by atoms with Crippen molar-refractivity contribution in [1.29, 1.82) is 0 Å². The summed E-state index contributed by atoms with van der Waals surface area (Å²) in [7, 11) is -3.37. The van der Waals surface area contributed by atoms with Gasteiger partial charge in [0, 0.05) is 58.1 Å². The Morgan fingerprint density at radius 2 is 1.97 bits per heavy atom. The molecule has 1 N–H and O–H groups in total. The van der Waals surface area contributed by atoms with Crippen molar-refractivity contribution in [1.82, 2.24) is 19.5 Å². The summed E-state index contributed by atoms with van der Waals surface area (Å²) in [4.78, 5) is 12.0. The van der Waals surface area contributed by atoms with Crippen LogP contribution in [0, 0.1) is 11.8 Å². The number of pyridine rings is 1. The molecule has 168 valence electrons. The SMILES string of the molecule is O=S(=O)(NC[C@H]1C[C@@H]2CCN1C[C@@H]2CN1CCN(c2ccccn2)CC1)c1cccs1. The molecule has 0 amide bonds. The fourth-order valence-electron chi connectivity index (χ4n) is 5.39. The highest BCUT2D eigenvalue weighted by molar-refractivity contribution is 7.91. The molecule has 2 aromatic rings. The number of thiophene rings is 1. The maximum Gasteiger partial charge on any atom is 0.250 e. The van der Waals surface area contributed by atoms with Crippen LogP contribution >= 0.6 is 11.3 Å². The third-order valence-corrected chi connectivity index (χ3v) is 9.94. The number of nitrogens with one attached hydrogen (secondary N) is 1. The van der Waals surface area contributed by atoms with Crippen LogP contribution in [0.15, 0.2) is 46.1 Å². The van der Waals surface area contributed by atoms with Gasteiger partial charge in [0.05, 0.1) is 0 Å². The average Bonchev–Trinajstić information content (AvgIpc) is 3.36. The lowest BCUT2D eigenvalue weighted by Crippen LogP contribution is -2.59. The zero-order valence-corrected chi connectivity index (χ0v) is 19.4. The predicted octanol–water partition coefficient (Wildman–Crippen LogP) is 1.95. The lowest BCUT2D eigenvalue weighted by Gasteiger charge is -2.51. The van der Waals surface area contributed by atoms with Crippen LogP contribution in [0.25, 0.3) is 0 Å². The second kappa shape index (κ2) is 9.15. The number of rotatable bonds is 7. The van der Waals surface area contributed by atoms with Crippen molar-refractivity contribution in [3.8, 4) is 0 Å². The minimum absolute atomic E-state index is 0.325. The van der Waals surface area contributed by atoms with Crippen LogP contribution in [-0.2, 0) is 10.0 Å². The van der Waals surface area contributed by atoms with Crippen molar-refractivity contribution in [3.05, 3.63) is 41.9 Å². The minimum Gasteiger partial charge on any atom is -0.354 e. The summed E-state index contributed by atoms with van der Waals surface area (Å²) >= 11 is 1.27. The lowest BCUT2D eigenvalue weighted by atomic mass is 9.75. The van der Waals surface area contributed by atoms with Gasteiger partial charge in [-0.25, -0.2) is 18.1 Å². The zero-order chi connectivity index (χ0) is 21.3. The summed E-state index contributed by atoms with van der Waals surface area (Å²) in [5, 5.41) is 1.81. The van der Waals surface area contributed by atoms with Gasteiger partial charge in [0.15, 0.2) is 0 Å². The molecule has 0 spiro atoms. The quantitative estimate of drug-likeness (QED) is 0.680. The number of anilines is 1. The van der Waals surface area contributed by atoms with Gasteiger partial charge in [-0.05, 0) is 54.8 Å². The maximum absolute atomic E-state index is 12.5. The molecule has 6 heterocycles. The van der Waals surface area contributed by atoms with Gasteiger partial charge in [-0.15, -0.1) is 11.3 Å². The number of hydrogen-bond donors (Lipinski definition) is 1. The van der Waals surface area contributed by atoms with E-state index in [-0.39, 0.29) is 0 Å². The number of sulfonamides is 1. The number of piperidine rings is 3. The molecule has 4 atom stereocenters. The Hall–Kier alpha value is -1.52. The highest BCUT2D eigenvalue weighted by atomic mass is 32.2. The highest BCUT2D eigenvalue weighted by Gasteiger charge is 2.41. The Labute approximate surface area is 189 Å². The second-order valence-corrected chi connectivity index (χ2v) is 11.9. The Bertz CT molecular complexity index is 946. The molecule has 6 rings (SSSR count). The Balaban J connectivity index is 1.11. The summed E-state index contributed by atoms with van der Waals surface area (Å²) < 4.78 is 28.2. The maximum atomic E-state index is 12.5. The van der Waals surface area contributed by atoms with Crippen LogP contribution in [0.4, 0.5) is 5.82 Å². The number of fused-ring (bicyclic) bond motifs is 3. The van der Waals surface area contributed by atoms with E-state index in [4.69, 9.17) is 0 Å². The molecule has 4 aliphatic heterocycles. The summed E-state index contributed by atoms with van der Waals surface area (Å²) in [5.41, 5.74) is 0. The van der Waals surface area contributed by atoms with Gasteiger partial charge in [0.25, 0.3) is 0 Å². The molecule has 0 aromatic carbocycles. The van der Waals surface area contributed by atoms with E-state index in [1.165, 1.54) is 17.8 Å². The summed E-state index contributed by atoms with van der Waals surface area (Å²) in [6, 6.07) is 9.89. The topological polar surface area (TPSA) is 68.8 Å². The van der Waals surface area contributed by atoms with E-state index >= 15 is 0 Å². The molecule has 1 unspecified atom stereocenters. The standard InChI is InChI=1S/C22H31N5O2S2/c28-31(29,22-5-3-13-30-22)24-15-20-14-18-6-8-27(20)17-19(18)16-25-9-11-26(12-10-25)21-4-1-2-7-23-21/h1-5,7,13,18-20,24H,6,8-12,14-17H2/t18-,19-,20+/m0/s1. The van der Waals surface area contributed by atoms with Crippen molar-refractivity contribution in [3.63, 3.8) is 0 Å². The molecule has 0 aliphatic carbocycles. The van der Waals surface area contributed by atoms with Crippen molar-refractivity contribution < 1.29 is 8.42 Å². The largest absolute Gasteiger partial charge is 0.354 e. The van der Waals surface area contributed by atoms with Gasteiger partial charge in [-0.1, -0.05) is 12.1 Å². The van der Waals surface area contributed by atoms with E-state index in [1.54, 1.807) is 17.5 Å². The first kappa shape index (κ1) is 21.3. The van der Waals surface area contributed by atoms with Gasteiger partial charge in [-0.3, -0.25) is 9.80 Å². The molecule has 7 nitrogen and oxygen atoms in total. The van der Waals surface area contributed by atoms with E-state index in [0.717, 1.165) is 58.1 Å². The van der Waals surface area contributed by atoms with Gasteiger partial charge in [0.1, 0.15) is 10.0 Å². The number of aromatic nitrogens is 1. The van der Waals surface area contributed by atoms with Crippen LogP contribution in [0.3, 0.4) is 0 Å². The number of piperazine rings is 1. The number of hydrogen-bond acceptors (Lipinski definition) is 7. The Morgan fingerprint density at radius 1 is 1.10 bits per heavy atom. The minimum atomic E-state index is -3.37. The molecule has 4 saturated heterocycles. The summed E-state index contributed by atoms with van der Waals surface area (Å²) in [6.45, 7) is 8.11. The molecule has 4 aliphatic rings. The first-order chi connectivity index (χ1) is 15.1. The second-order valence-electron chi connectivity index (χ2n) is 8.95. The first-order valence-electron chi connectivity index (χ1n) is 11.2. The lowest BCUT2D eigenvalue weighted by molar-refractivity contribution is -0.0108. The molecular weight excluding hydrogens is 430 g/mol. The van der Waals surface area contributed by atoms with Crippen molar-refractivity contribution in [2.45, 2.75) is 23.1 Å². The molecule has 31 heavy (non-hydrogen) atoms.